The average molecular weight is 491 g/mol. The minimum Gasteiger partial charge on any atom is -0.461 e. The normalized spacial score (nSPS) is 39.5. The van der Waals surface area contributed by atoms with Gasteiger partial charge in [0.15, 0.2) is 8.32 Å². The zero-order chi connectivity index (χ0) is 25.1. The highest BCUT2D eigenvalue weighted by Gasteiger charge is 2.58. The van der Waals surface area contributed by atoms with Crippen molar-refractivity contribution >= 4 is 14.3 Å². The molecule has 3 nitrogen and oxygen atoms in total. The van der Waals surface area contributed by atoms with Crippen molar-refractivity contribution in [2.75, 3.05) is 6.61 Å². The SMILES string of the molecule is CCOC(=O)/C(F)=C1\CCC2C3CC=C4C[C@@H](O[Si](C)(C)C(C)(C)C)CC[C@]4(C)C3CC[C@]12C. The molecule has 0 aromatic carbocycles. The number of hydrogen-bond acceptors (Lipinski definition) is 3. The standard InChI is InChI=1S/C29H47FO3Si/c1-9-32-26(31)25(30)24-13-12-22-21-11-10-19-18-20(33-34(7,8)27(2,3)4)14-16-28(19,5)23(21)15-17-29(22,24)6/h10,20-23H,9,11-18H2,1-8H3/b25-24-/t20-,21?,22?,23?,28-,29-/m0/s1. The monoisotopic (exact) mass is 490 g/mol. The molecule has 4 aliphatic rings. The van der Waals surface area contributed by atoms with Gasteiger partial charge >= 0.3 is 5.97 Å². The summed E-state index contributed by atoms with van der Waals surface area (Å²) >= 11 is 0. The number of ether oxygens (including phenoxy) is 1. The molecule has 0 radical (unpaired) electrons. The molecular formula is C29H47FO3Si. The molecule has 4 rings (SSSR count). The van der Waals surface area contributed by atoms with Crippen LogP contribution in [0, 0.1) is 28.6 Å². The lowest BCUT2D eigenvalue weighted by atomic mass is 9.48. The van der Waals surface area contributed by atoms with Crippen LogP contribution < -0.4 is 0 Å². The van der Waals surface area contributed by atoms with Crippen LogP contribution in [0.1, 0.15) is 92.9 Å². The molecule has 3 unspecified atom stereocenters. The van der Waals surface area contributed by atoms with Crippen molar-refractivity contribution in [3.8, 4) is 0 Å². The number of fused-ring (bicyclic) bond motifs is 5. The Kier molecular flexibility index (Phi) is 6.81. The fourth-order valence-electron chi connectivity index (χ4n) is 7.81. The molecule has 34 heavy (non-hydrogen) atoms. The van der Waals surface area contributed by atoms with E-state index in [1.165, 1.54) is 6.42 Å². The highest BCUT2D eigenvalue weighted by atomic mass is 28.4. The minimum atomic E-state index is -1.77. The first-order chi connectivity index (χ1) is 15.7. The summed E-state index contributed by atoms with van der Waals surface area (Å²) in [5.41, 5.74) is 2.39. The van der Waals surface area contributed by atoms with E-state index in [2.05, 4.69) is 53.8 Å². The molecular weight excluding hydrogens is 443 g/mol. The summed E-state index contributed by atoms with van der Waals surface area (Å²) in [6.07, 6.45) is 11.2. The van der Waals surface area contributed by atoms with Gasteiger partial charge in [0, 0.05) is 6.10 Å². The molecule has 5 heteroatoms. The Balaban J connectivity index is 1.54. The third kappa shape index (κ3) is 4.17. The molecule has 0 N–H and O–H groups in total. The van der Waals surface area contributed by atoms with Gasteiger partial charge in [0.25, 0.3) is 0 Å². The molecule has 6 atom stereocenters. The number of allylic oxidation sites excluding steroid dienone is 2. The van der Waals surface area contributed by atoms with Gasteiger partial charge in [-0.15, -0.1) is 0 Å². The third-order valence-electron chi connectivity index (χ3n) is 10.8. The largest absolute Gasteiger partial charge is 0.461 e. The summed E-state index contributed by atoms with van der Waals surface area (Å²) in [6.45, 7) is 18.4. The maximum atomic E-state index is 15.1. The minimum absolute atomic E-state index is 0.206. The average Bonchev–Trinajstić information content (AvgIpc) is 3.09. The van der Waals surface area contributed by atoms with Crippen molar-refractivity contribution in [1.29, 1.82) is 0 Å². The van der Waals surface area contributed by atoms with Gasteiger partial charge < -0.3 is 9.16 Å². The molecule has 0 spiro atoms. The summed E-state index contributed by atoms with van der Waals surface area (Å²) in [7, 11) is -1.77. The molecule has 0 aromatic heterocycles. The zero-order valence-corrected chi connectivity index (χ0v) is 23.9. The number of rotatable bonds is 4. The van der Waals surface area contributed by atoms with Crippen LogP contribution >= 0.6 is 0 Å². The summed E-state index contributed by atoms with van der Waals surface area (Å²) in [6, 6.07) is 0. The van der Waals surface area contributed by atoms with Crippen molar-refractivity contribution in [1.82, 2.24) is 0 Å². The predicted molar refractivity (Wildman–Crippen MR) is 139 cm³/mol. The van der Waals surface area contributed by atoms with Gasteiger partial charge in [-0.05, 0) is 111 Å². The van der Waals surface area contributed by atoms with Crippen LogP contribution in [0.5, 0.6) is 0 Å². The molecule has 0 heterocycles. The second-order valence-electron chi connectivity index (χ2n) is 13.5. The van der Waals surface area contributed by atoms with E-state index in [9.17, 15) is 4.79 Å². The fourth-order valence-corrected chi connectivity index (χ4v) is 9.20. The van der Waals surface area contributed by atoms with Gasteiger partial charge in [-0.3, -0.25) is 0 Å². The highest BCUT2D eigenvalue weighted by molar-refractivity contribution is 6.74. The van der Waals surface area contributed by atoms with Crippen LogP contribution in [0.25, 0.3) is 0 Å². The van der Waals surface area contributed by atoms with E-state index in [0.717, 1.165) is 44.1 Å². The first kappa shape index (κ1) is 26.1. The molecule has 0 bridgehead atoms. The Morgan fingerprint density at radius 1 is 1.12 bits per heavy atom. The van der Waals surface area contributed by atoms with Crippen molar-refractivity contribution in [3.05, 3.63) is 23.0 Å². The van der Waals surface area contributed by atoms with Crippen LogP contribution in [0.4, 0.5) is 4.39 Å². The molecule has 192 valence electrons. The van der Waals surface area contributed by atoms with Crippen molar-refractivity contribution in [2.24, 2.45) is 28.6 Å². The summed E-state index contributed by atoms with van der Waals surface area (Å²) in [5.74, 6) is 0.325. The van der Waals surface area contributed by atoms with Gasteiger partial charge in [-0.2, -0.15) is 4.39 Å². The highest BCUT2D eigenvalue weighted by Crippen LogP contribution is 2.66. The first-order valence-corrected chi connectivity index (χ1v) is 16.6. The summed E-state index contributed by atoms with van der Waals surface area (Å²) in [5, 5.41) is 0.236. The Morgan fingerprint density at radius 3 is 2.41 bits per heavy atom. The third-order valence-corrected chi connectivity index (χ3v) is 15.4. The summed E-state index contributed by atoms with van der Waals surface area (Å²) < 4.78 is 27.0. The van der Waals surface area contributed by atoms with Gasteiger partial charge in [-0.1, -0.05) is 46.3 Å². The number of esters is 1. The van der Waals surface area contributed by atoms with Crippen molar-refractivity contribution in [2.45, 2.75) is 117 Å². The maximum Gasteiger partial charge on any atom is 0.367 e. The van der Waals surface area contributed by atoms with E-state index in [1.807, 2.05) is 0 Å². The quantitative estimate of drug-likeness (QED) is 0.173. The van der Waals surface area contributed by atoms with Gasteiger partial charge in [0.05, 0.1) is 6.61 Å². The van der Waals surface area contributed by atoms with E-state index in [-0.39, 0.29) is 22.5 Å². The molecule has 3 saturated carbocycles. The lowest BCUT2D eigenvalue weighted by molar-refractivity contribution is -0.140. The van der Waals surface area contributed by atoms with E-state index < -0.39 is 20.1 Å². The Labute approximate surface area is 208 Å². The van der Waals surface area contributed by atoms with E-state index in [0.29, 0.717) is 30.3 Å². The zero-order valence-electron chi connectivity index (χ0n) is 22.9. The molecule has 4 aliphatic carbocycles. The lowest BCUT2D eigenvalue weighted by Gasteiger charge is -2.58. The van der Waals surface area contributed by atoms with Gasteiger partial charge in [0.2, 0.25) is 5.83 Å². The first-order valence-electron chi connectivity index (χ1n) is 13.7. The van der Waals surface area contributed by atoms with Crippen LogP contribution in [0.2, 0.25) is 18.1 Å². The van der Waals surface area contributed by atoms with Crippen molar-refractivity contribution in [3.63, 3.8) is 0 Å². The fraction of sp³-hybridized carbons (Fsp3) is 0.828. The molecule has 0 aliphatic heterocycles. The van der Waals surface area contributed by atoms with Gasteiger partial charge in [-0.25, -0.2) is 4.79 Å². The molecule has 0 amide bonds. The Hall–Kier alpha value is -0.943. The Bertz CT molecular complexity index is 884. The van der Waals surface area contributed by atoms with Crippen LogP contribution in [0.3, 0.4) is 0 Å². The second-order valence-corrected chi connectivity index (χ2v) is 18.3. The predicted octanol–water partition coefficient (Wildman–Crippen LogP) is 8.13. The molecule has 0 aromatic rings. The number of halogens is 1. The van der Waals surface area contributed by atoms with E-state index in [1.54, 1.807) is 12.5 Å². The lowest BCUT2D eigenvalue weighted by Crippen LogP contribution is -2.51. The number of carbonyl (C=O) groups excluding carboxylic acids is 1. The van der Waals surface area contributed by atoms with Crippen molar-refractivity contribution < 1.29 is 18.3 Å². The second kappa shape index (κ2) is 8.87. The number of carbonyl (C=O) groups is 1. The van der Waals surface area contributed by atoms with E-state index >= 15 is 4.39 Å². The van der Waals surface area contributed by atoms with E-state index in [4.69, 9.17) is 9.16 Å². The van der Waals surface area contributed by atoms with Gasteiger partial charge in [0.1, 0.15) is 0 Å². The maximum absolute atomic E-state index is 15.1. The number of hydrogen-bond donors (Lipinski definition) is 0. The smallest absolute Gasteiger partial charge is 0.367 e. The van der Waals surface area contributed by atoms with Crippen LogP contribution in [-0.2, 0) is 14.0 Å². The summed E-state index contributed by atoms with van der Waals surface area (Å²) in [4.78, 5) is 12.2. The topological polar surface area (TPSA) is 35.5 Å². The Morgan fingerprint density at radius 2 is 1.76 bits per heavy atom. The van der Waals surface area contributed by atoms with Crippen LogP contribution in [0.15, 0.2) is 23.0 Å². The molecule has 0 saturated heterocycles. The van der Waals surface area contributed by atoms with Crippen LogP contribution in [-0.4, -0.2) is 27.0 Å². The molecule has 3 fully saturated rings.